The molecule has 17 heavy (non-hydrogen) atoms. The lowest BCUT2D eigenvalue weighted by atomic mass is 10.1. The van der Waals surface area contributed by atoms with Crippen LogP contribution in [0.15, 0.2) is 24.4 Å². The Morgan fingerprint density at radius 1 is 1.35 bits per heavy atom. The van der Waals surface area contributed by atoms with Crippen molar-refractivity contribution in [3.05, 3.63) is 51.5 Å². The van der Waals surface area contributed by atoms with Gasteiger partial charge in [-0.3, -0.25) is 5.84 Å². The Bertz CT molecular complexity index is 527. The Morgan fingerprint density at radius 2 is 2.12 bits per heavy atom. The standard InChI is InChI=1S/C11H11F2N3S/c1-6-15-5-10(17-6)11(16-14)7-2-3-8(12)9(13)4-7/h2-5,11,16H,14H2,1H3. The minimum absolute atomic E-state index is 0.378. The summed E-state index contributed by atoms with van der Waals surface area (Å²) < 4.78 is 26.0. The molecular weight excluding hydrogens is 244 g/mol. The van der Waals surface area contributed by atoms with Crippen LogP contribution in [0.4, 0.5) is 8.78 Å². The molecule has 0 aliphatic rings. The average Bonchev–Trinajstić information content (AvgIpc) is 2.71. The summed E-state index contributed by atoms with van der Waals surface area (Å²) in [5.74, 6) is 3.69. The molecule has 0 amide bonds. The highest BCUT2D eigenvalue weighted by Crippen LogP contribution is 2.26. The quantitative estimate of drug-likeness (QED) is 0.653. The zero-order valence-corrected chi connectivity index (χ0v) is 9.89. The van der Waals surface area contributed by atoms with E-state index in [9.17, 15) is 8.78 Å². The van der Waals surface area contributed by atoms with Crippen molar-refractivity contribution >= 4 is 11.3 Å². The molecule has 1 unspecified atom stereocenters. The minimum Gasteiger partial charge on any atom is -0.271 e. The summed E-state index contributed by atoms with van der Waals surface area (Å²) in [6.07, 6.45) is 1.67. The Balaban J connectivity index is 2.38. The lowest BCUT2D eigenvalue weighted by Gasteiger charge is -2.14. The van der Waals surface area contributed by atoms with Gasteiger partial charge in [0.25, 0.3) is 0 Å². The van der Waals surface area contributed by atoms with E-state index >= 15 is 0 Å². The van der Waals surface area contributed by atoms with Gasteiger partial charge < -0.3 is 0 Å². The first-order chi connectivity index (χ1) is 8.11. The van der Waals surface area contributed by atoms with Gasteiger partial charge in [-0.05, 0) is 24.6 Å². The molecule has 0 spiro atoms. The summed E-state index contributed by atoms with van der Waals surface area (Å²) in [4.78, 5) is 4.96. The van der Waals surface area contributed by atoms with E-state index in [-0.39, 0.29) is 6.04 Å². The van der Waals surface area contributed by atoms with Crippen LogP contribution in [0.3, 0.4) is 0 Å². The number of rotatable bonds is 3. The summed E-state index contributed by atoms with van der Waals surface area (Å²) in [6.45, 7) is 1.87. The molecule has 1 heterocycles. The predicted molar refractivity (Wildman–Crippen MR) is 62.4 cm³/mol. The van der Waals surface area contributed by atoms with E-state index in [1.54, 1.807) is 6.20 Å². The van der Waals surface area contributed by atoms with Crippen LogP contribution in [0.1, 0.15) is 21.5 Å². The van der Waals surface area contributed by atoms with Gasteiger partial charge in [0, 0.05) is 11.1 Å². The van der Waals surface area contributed by atoms with E-state index in [0.717, 1.165) is 22.0 Å². The van der Waals surface area contributed by atoms with E-state index in [2.05, 4.69) is 10.4 Å². The van der Waals surface area contributed by atoms with Gasteiger partial charge in [0.2, 0.25) is 0 Å². The minimum atomic E-state index is -0.885. The molecule has 1 aromatic carbocycles. The van der Waals surface area contributed by atoms with E-state index in [4.69, 9.17) is 5.84 Å². The third-order valence-electron chi connectivity index (χ3n) is 2.37. The van der Waals surface area contributed by atoms with Gasteiger partial charge in [-0.2, -0.15) is 0 Å². The number of benzene rings is 1. The van der Waals surface area contributed by atoms with Crippen molar-refractivity contribution in [3.63, 3.8) is 0 Å². The molecular formula is C11H11F2N3S. The Labute approximate surface area is 101 Å². The number of thiazole rings is 1. The molecule has 0 aliphatic heterocycles. The van der Waals surface area contributed by atoms with Gasteiger partial charge in [-0.15, -0.1) is 11.3 Å². The molecule has 1 aromatic heterocycles. The molecule has 3 N–H and O–H groups in total. The van der Waals surface area contributed by atoms with Gasteiger partial charge in [0.1, 0.15) is 0 Å². The van der Waals surface area contributed by atoms with Crippen LogP contribution in [-0.4, -0.2) is 4.98 Å². The summed E-state index contributed by atoms with van der Waals surface area (Å²) in [5.41, 5.74) is 3.14. The number of nitrogens with zero attached hydrogens (tertiary/aromatic N) is 1. The summed E-state index contributed by atoms with van der Waals surface area (Å²) >= 11 is 1.46. The maximum Gasteiger partial charge on any atom is 0.159 e. The fraction of sp³-hybridized carbons (Fsp3) is 0.182. The van der Waals surface area contributed by atoms with Crippen molar-refractivity contribution in [2.75, 3.05) is 0 Å². The first-order valence-corrected chi connectivity index (χ1v) is 5.77. The molecule has 0 aliphatic carbocycles. The molecule has 3 nitrogen and oxygen atoms in total. The third-order valence-corrected chi connectivity index (χ3v) is 3.34. The molecule has 6 heteroatoms. The van der Waals surface area contributed by atoms with E-state index in [1.807, 2.05) is 6.92 Å². The van der Waals surface area contributed by atoms with E-state index < -0.39 is 11.6 Å². The maximum absolute atomic E-state index is 13.1. The Hall–Kier alpha value is -1.37. The fourth-order valence-corrected chi connectivity index (χ4v) is 2.42. The molecule has 1 atom stereocenters. The second-order valence-corrected chi connectivity index (χ2v) is 4.82. The van der Waals surface area contributed by atoms with Crippen molar-refractivity contribution in [1.29, 1.82) is 0 Å². The second-order valence-electron chi connectivity index (χ2n) is 3.55. The number of hydrogen-bond donors (Lipinski definition) is 2. The van der Waals surface area contributed by atoms with Crippen molar-refractivity contribution in [3.8, 4) is 0 Å². The molecule has 90 valence electrons. The number of aromatic nitrogens is 1. The van der Waals surface area contributed by atoms with Gasteiger partial charge in [-0.25, -0.2) is 19.2 Å². The average molecular weight is 255 g/mol. The number of nitrogens with two attached hydrogens (primary N) is 1. The Kier molecular flexibility index (Phi) is 3.46. The molecule has 0 saturated carbocycles. The van der Waals surface area contributed by atoms with Crippen LogP contribution in [0.25, 0.3) is 0 Å². The van der Waals surface area contributed by atoms with Crippen LogP contribution in [0.2, 0.25) is 0 Å². The lowest BCUT2D eigenvalue weighted by Crippen LogP contribution is -2.28. The normalized spacial score (nSPS) is 12.7. The highest BCUT2D eigenvalue weighted by molar-refractivity contribution is 7.11. The third kappa shape index (κ3) is 2.49. The van der Waals surface area contributed by atoms with Crippen molar-refractivity contribution in [2.45, 2.75) is 13.0 Å². The van der Waals surface area contributed by atoms with Crippen LogP contribution in [-0.2, 0) is 0 Å². The molecule has 0 fully saturated rings. The van der Waals surface area contributed by atoms with Gasteiger partial charge in [-0.1, -0.05) is 6.07 Å². The molecule has 0 radical (unpaired) electrons. The first-order valence-electron chi connectivity index (χ1n) is 4.95. The monoisotopic (exact) mass is 255 g/mol. The van der Waals surface area contributed by atoms with Crippen LogP contribution in [0.5, 0.6) is 0 Å². The number of nitrogens with one attached hydrogen (secondary N) is 1. The SMILES string of the molecule is Cc1ncc(C(NN)c2ccc(F)c(F)c2)s1. The van der Waals surface area contributed by atoms with Crippen LogP contribution >= 0.6 is 11.3 Å². The topological polar surface area (TPSA) is 50.9 Å². The fourth-order valence-electron chi connectivity index (χ4n) is 1.55. The van der Waals surface area contributed by atoms with Gasteiger partial charge in [0.15, 0.2) is 11.6 Å². The summed E-state index contributed by atoms with van der Waals surface area (Å²) in [6, 6.07) is 3.34. The summed E-state index contributed by atoms with van der Waals surface area (Å²) in [5, 5.41) is 0.892. The zero-order valence-electron chi connectivity index (χ0n) is 9.08. The van der Waals surface area contributed by atoms with Crippen molar-refractivity contribution in [1.82, 2.24) is 10.4 Å². The zero-order chi connectivity index (χ0) is 12.4. The first kappa shape index (κ1) is 12.1. The maximum atomic E-state index is 13.1. The number of hydrogen-bond acceptors (Lipinski definition) is 4. The molecule has 2 aromatic rings. The molecule has 2 rings (SSSR count). The molecule has 0 bridgehead atoms. The summed E-state index contributed by atoms with van der Waals surface area (Å²) in [7, 11) is 0. The second kappa shape index (κ2) is 4.87. The van der Waals surface area contributed by atoms with E-state index in [0.29, 0.717) is 5.56 Å². The number of aryl methyl sites for hydroxylation is 1. The highest BCUT2D eigenvalue weighted by atomic mass is 32.1. The Morgan fingerprint density at radius 3 is 2.65 bits per heavy atom. The lowest BCUT2D eigenvalue weighted by molar-refractivity contribution is 0.504. The molecule has 0 saturated heterocycles. The van der Waals surface area contributed by atoms with E-state index in [1.165, 1.54) is 17.4 Å². The van der Waals surface area contributed by atoms with Crippen molar-refractivity contribution in [2.24, 2.45) is 5.84 Å². The van der Waals surface area contributed by atoms with Gasteiger partial charge >= 0.3 is 0 Å². The number of hydrazine groups is 1. The van der Waals surface area contributed by atoms with Crippen LogP contribution in [0, 0.1) is 18.6 Å². The van der Waals surface area contributed by atoms with Crippen LogP contribution < -0.4 is 11.3 Å². The number of halogens is 2. The highest BCUT2D eigenvalue weighted by Gasteiger charge is 2.16. The van der Waals surface area contributed by atoms with Gasteiger partial charge in [0.05, 0.1) is 11.0 Å². The predicted octanol–water partition coefficient (Wildman–Crippen LogP) is 2.28. The largest absolute Gasteiger partial charge is 0.271 e. The van der Waals surface area contributed by atoms with Crippen molar-refractivity contribution < 1.29 is 8.78 Å². The smallest absolute Gasteiger partial charge is 0.159 e.